The van der Waals surface area contributed by atoms with E-state index in [0.717, 1.165) is 29.7 Å². The largest absolute Gasteiger partial charge is 0.497 e. The molecule has 0 aromatic heterocycles. The predicted octanol–water partition coefficient (Wildman–Crippen LogP) is 4.83. The Balaban J connectivity index is 1.23. The minimum atomic E-state index is -1.42. The maximum atomic E-state index is 14.0. The highest BCUT2D eigenvalue weighted by Crippen LogP contribution is 2.47. The quantitative estimate of drug-likeness (QED) is 0.201. The zero-order valence-electron chi connectivity index (χ0n) is 26.0. The molecular formula is C36H39NO8. The summed E-state index contributed by atoms with van der Waals surface area (Å²) < 4.78 is 35.2. The van der Waals surface area contributed by atoms with Crippen molar-refractivity contribution < 1.29 is 38.0 Å². The highest BCUT2D eigenvalue weighted by molar-refractivity contribution is 5.94. The average molecular weight is 614 g/mol. The Labute approximate surface area is 264 Å². The lowest BCUT2D eigenvalue weighted by atomic mass is 9.86. The van der Waals surface area contributed by atoms with E-state index in [9.17, 15) is 9.59 Å². The van der Waals surface area contributed by atoms with Crippen LogP contribution in [0.5, 0.6) is 11.5 Å². The lowest BCUT2D eigenvalue weighted by Gasteiger charge is -2.39. The molecule has 4 atom stereocenters. The predicted molar refractivity (Wildman–Crippen MR) is 165 cm³/mol. The molecule has 2 aromatic carbocycles. The molecule has 3 heterocycles. The molecule has 4 aliphatic rings. The van der Waals surface area contributed by atoms with Gasteiger partial charge in [-0.3, -0.25) is 9.69 Å². The lowest BCUT2D eigenvalue weighted by molar-refractivity contribution is -0.210. The molecule has 6 rings (SSSR count). The number of rotatable bonds is 11. The Morgan fingerprint density at radius 2 is 1.96 bits per heavy atom. The average Bonchev–Trinajstić information content (AvgIpc) is 3.59. The number of hydrogen-bond acceptors (Lipinski definition) is 9. The summed E-state index contributed by atoms with van der Waals surface area (Å²) in [6.45, 7) is 5.94. The molecule has 0 saturated carbocycles. The molecule has 236 valence electrons. The molecule has 2 aromatic rings. The molecule has 0 radical (unpaired) electrons. The maximum Gasteiger partial charge on any atom is 0.352 e. The summed E-state index contributed by atoms with van der Waals surface area (Å²) in [7, 11) is 1.57. The smallest absolute Gasteiger partial charge is 0.352 e. The van der Waals surface area contributed by atoms with E-state index in [4.69, 9.17) is 34.8 Å². The minimum Gasteiger partial charge on any atom is -0.497 e. The Bertz CT molecular complexity index is 1530. The van der Waals surface area contributed by atoms with Gasteiger partial charge in [0.25, 0.3) is 0 Å². The Kier molecular flexibility index (Phi) is 8.63. The molecule has 1 saturated heterocycles. The summed E-state index contributed by atoms with van der Waals surface area (Å²) in [5.74, 6) is 3.31. The van der Waals surface area contributed by atoms with Gasteiger partial charge in [0.15, 0.2) is 17.6 Å². The van der Waals surface area contributed by atoms with Crippen molar-refractivity contribution in [2.45, 2.75) is 75.4 Å². The number of benzene rings is 2. The second-order valence-corrected chi connectivity index (χ2v) is 12.4. The molecule has 0 unspecified atom stereocenters. The van der Waals surface area contributed by atoms with Crippen LogP contribution in [0.4, 0.5) is 0 Å². The van der Waals surface area contributed by atoms with Crippen LogP contribution in [0, 0.1) is 12.3 Å². The number of carbonyl (C=O) groups is 2. The first-order valence-electron chi connectivity index (χ1n) is 15.4. The number of hydrogen-bond donors (Lipinski definition) is 0. The number of terminal acetylenes is 1. The third-order valence-electron chi connectivity index (χ3n) is 8.94. The van der Waals surface area contributed by atoms with Gasteiger partial charge in [0.2, 0.25) is 12.4 Å². The maximum absolute atomic E-state index is 14.0. The zero-order chi connectivity index (χ0) is 31.6. The van der Waals surface area contributed by atoms with Crippen molar-refractivity contribution in [1.82, 2.24) is 4.90 Å². The van der Waals surface area contributed by atoms with Gasteiger partial charge >= 0.3 is 11.9 Å². The summed E-state index contributed by atoms with van der Waals surface area (Å²) in [6.07, 6.45) is 12.1. The second kappa shape index (κ2) is 12.6. The standard InChI is InChI=1S/C36H39NO8/c1-5-6-16-37-17-13-25-18-28-29(42-23-41-28)19-26(25)32-27(37)20-30(40-4)33(32)44-34(39)36(21-31(38)45-36)15-10-14-35(2,3)43-22-24-11-8-7-9-12-24/h1,7-12,14,18-20,27,32-33H,6,13,15-17,21-23H2,2-4H3/b14-10+/t27-,32-,33+,36+/m0/s1. The number of carbonyl (C=O) groups excluding carboxylic acids is 2. The first-order chi connectivity index (χ1) is 21.7. The van der Waals surface area contributed by atoms with Crippen LogP contribution < -0.4 is 9.47 Å². The van der Waals surface area contributed by atoms with Crippen LogP contribution in [-0.4, -0.2) is 67.2 Å². The van der Waals surface area contributed by atoms with Gasteiger partial charge in [-0.2, -0.15) is 0 Å². The number of methoxy groups -OCH3 is 1. The topological polar surface area (TPSA) is 92.8 Å². The van der Waals surface area contributed by atoms with Gasteiger partial charge in [-0.05, 0) is 55.2 Å². The number of esters is 2. The van der Waals surface area contributed by atoms with E-state index in [0.29, 0.717) is 36.8 Å². The Morgan fingerprint density at radius 3 is 2.67 bits per heavy atom. The highest BCUT2D eigenvalue weighted by Gasteiger charge is 2.56. The van der Waals surface area contributed by atoms with Crippen LogP contribution in [0.3, 0.4) is 0 Å². The van der Waals surface area contributed by atoms with Crippen molar-refractivity contribution in [1.29, 1.82) is 0 Å². The highest BCUT2D eigenvalue weighted by atomic mass is 16.7. The Morgan fingerprint density at radius 1 is 1.20 bits per heavy atom. The normalized spacial score (nSPS) is 25.3. The van der Waals surface area contributed by atoms with Gasteiger partial charge in [-0.1, -0.05) is 42.5 Å². The number of fused-ring (bicyclic) bond motifs is 4. The van der Waals surface area contributed by atoms with Crippen LogP contribution in [-0.2, 0) is 41.6 Å². The molecule has 0 amide bonds. The third kappa shape index (κ3) is 6.31. The molecule has 1 fully saturated rings. The zero-order valence-corrected chi connectivity index (χ0v) is 26.0. The van der Waals surface area contributed by atoms with Crippen LogP contribution >= 0.6 is 0 Å². The fraction of sp³-hybridized carbons (Fsp3) is 0.444. The van der Waals surface area contributed by atoms with Gasteiger partial charge in [0.1, 0.15) is 5.76 Å². The van der Waals surface area contributed by atoms with Crippen LogP contribution in [0.25, 0.3) is 0 Å². The summed E-state index contributed by atoms with van der Waals surface area (Å²) >= 11 is 0. The molecule has 45 heavy (non-hydrogen) atoms. The molecule has 9 heteroatoms. The van der Waals surface area contributed by atoms with Crippen molar-refractivity contribution in [3.05, 3.63) is 83.1 Å². The minimum absolute atomic E-state index is 0.0715. The monoisotopic (exact) mass is 613 g/mol. The van der Waals surface area contributed by atoms with E-state index in [1.165, 1.54) is 0 Å². The van der Waals surface area contributed by atoms with E-state index in [-0.39, 0.29) is 31.6 Å². The summed E-state index contributed by atoms with van der Waals surface area (Å²) in [6, 6.07) is 13.8. The first kappa shape index (κ1) is 30.8. The van der Waals surface area contributed by atoms with E-state index in [2.05, 4.69) is 10.8 Å². The van der Waals surface area contributed by atoms with Gasteiger partial charge in [0, 0.05) is 37.9 Å². The Hall–Kier alpha value is -4.26. The molecular weight excluding hydrogens is 574 g/mol. The third-order valence-corrected chi connectivity index (χ3v) is 8.94. The van der Waals surface area contributed by atoms with Crippen LogP contribution in [0.15, 0.2) is 66.5 Å². The first-order valence-corrected chi connectivity index (χ1v) is 15.4. The number of cyclic esters (lactones) is 1. The fourth-order valence-electron chi connectivity index (χ4n) is 6.53. The van der Waals surface area contributed by atoms with Crippen molar-refractivity contribution in [3.63, 3.8) is 0 Å². The van der Waals surface area contributed by atoms with Gasteiger partial charge < -0.3 is 28.4 Å². The number of nitrogens with zero attached hydrogens (tertiary/aromatic N) is 1. The van der Waals surface area contributed by atoms with Gasteiger partial charge in [-0.25, -0.2) is 4.79 Å². The number of ether oxygens (including phenoxy) is 6. The van der Waals surface area contributed by atoms with E-state index in [1.807, 2.05) is 74.5 Å². The van der Waals surface area contributed by atoms with Crippen molar-refractivity contribution in [3.8, 4) is 23.8 Å². The van der Waals surface area contributed by atoms with E-state index >= 15 is 0 Å². The second-order valence-electron chi connectivity index (χ2n) is 12.4. The van der Waals surface area contributed by atoms with E-state index in [1.54, 1.807) is 7.11 Å². The fourth-order valence-corrected chi connectivity index (χ4v) is 6.53. The van der Waals surface area contributed by atoms with Gasteiger partial charge in [0.05, 0.1) is 25.7 Å². The molecule has 9 nitrogen and oxygen atoms in total. The molecule has 0 spiro atoms. The van der Waals surface area contributed by atoms with Gasteiger partial charge in [-0.15, -0.1) is 12.3 Å². The summed E-state index contributed by atoms with van der Waals surface area (Å²) in [5.41, 5.74) is 1.12. The molecule has 0 bridgehead atoms. The van der Waals surface area contributed by atoms with Crippen molar-refractivity contribution >= 4 is 11.9 Å². The molecule has 3 aliphatic heterocycles. The van der Waals surface area contributed by atoms with Crippen molar-refractivity contribution in [2.75, 3.05) is 27.0 Å². The van der Waals surface area contributed by atoms with Crippen LogP contribution in [0.2, 0.25) is 0 Å². The molecule has 0 N–H and O–H groups in total. The van der Waals surface area contributed by atoms with Crippen molar-refractivity contribution in [2.24, 2.45) is 0 Å². The van der Waals surface area contributed by atoms with Crippen LogP contribution in [0.1, 0.15) is 55.7 Å². The van der Waals surface area contributed by atoms with E-state index < -0.39 is 29.2 Å². The summed E-state index contributed by atoms with van der Waals surface area (Å²) in [4.78, 5) is 28.4. The molecule has 1 aliphatic carbocycles. The lowest BCUT2D eigenvalue weighted by Crippen LogP contribution is -2.55. The SMILES string of the molecule is C#CCCN1CCc2cc3c(cc2[C@@H]2[C@H](OC(=O)[C@@]4(C/C=C/C(C)(C)OCc5ccccc5)CC(=O)O4)C(OC)=C[C@@H]21)OCO3. The summed E-state index contributed by atoms with van der Waals surface area (Å²) in [5, 5.41) is 0.